The van der Waals surface area contributed by atoms with E-state index in [9.17, 15) is 9.59 Å². The van der Waals surface area contributed by atoms with Gasteiger partial charge in [0.1, 0.15) is 0 Å². The molecular formula is C20H14Cl2N4O2S2. The normalized spacial score (nSPS) is 15.3. The number of hydrogen-bond acceptors (Lipinski definition) is 4. The summed E-state index contributed by atoms with van der Waals surface area (Å²) in [5.74, 6) is -0.401. The Kier molecular flexibility index (Phi) is 5.75. The van der Waals surface area contributed by atoms with Crippen LogP contribution in [0.1, 0.15) is 5.56 Å². The van der Waals surface area contributed by atoms with Gasteiger partial charge in [0.05, 0.1) is 15.0 Å². The first-order valence-electron chi connectivity index (χ1n) is 8.68. The molecule has 1 aliphatic heterocycles. The van der Waals surface area contributed by atoms with Crippen molar-refractivity contribution >= 4 is 86.1 Å². The van der Waals surface area contributed by atoms with Crippen molar-refractivity contribution in [3.05, 3.63) is 69.2 Å². The van der Waals surface area contributed by atoms with Gasteiger partial charge in [0.2, 0.25) is 0 Å². The highest BCUT2D eigenvalue weighted by molar-refractivity contribution is 8.26. The fraction of sp³-hybridized carbons (Fsp3) is 0.0500. The average molecular weight is 477 g/mol. The van der Waals surface area contributed by atoms with Crippen LogP contribution in [0.5, 0.6) is 0 Å². The molecule has 3 amide bonds. The van der Waals surface area contributed by atoms with E-state index in [1.54, 1.807) is 18.2 Å². The number of rotatable bonds is 3. The minimum absolute atomic E-state index is 0.232. The van der Waals surface area contributed by atoms with Crippen molar-refractivity contribution < 1.29 is 9.59 Å². The number of nitrogens with one attached hydrogen (secondary N) is 2. The van der Waals surface area contributed by atoms with Gasteiger partial charge in [-0.3, -0.25) is 4.79 Å². The molecule has 30 heavy (non-hydrogen) atoms. The predicted molar refractivity (Wildman–Crippen MR) is 127 cm³/mol. The van der Waals surface area contributed by atoms with Crippen LogP contribution in [0.15, 0.2) is 53.6 Å². The van der Waals surface area contributed by atoms with Crippen molar-refractivity contribution in [2.75, 3.05) is 5.32 Å². The maximum atomic E-state index is 12.8. The molecule has 0 atom stereocenters. The van der Waals surface area contributed by atoms with E-state index in [1.807, 2.05) is 42.1 Å². The van der Waals surface area contributed by atoms with Crippen LogP contribution in [0.3, 0.4) is 0 Å². The van der Waals surface area contributed by atoms with Gasteiger partial charge >= 0.3 is 6.03 Å². The third-order valence-corrected chi connectivity index (χ3v) is 6.44. The molecule has 0 radical (unpaired) electrons. The van der Waals surface area contributed by atoms with E-state index < -0.39 is 11.9 Å². The monoisotopic (exact) mass is 476 g/mol. The summed E-state index contributed by atoms with van der Waals surface area (Å²) in [7, 11) is 1.94. The van der Waals surface area contributed by atoms with Gasteiger partial charge in [0.25, 0.3) is 5.91 Å². The number of fused-ring (bicyclic) bond motifs is 1. The van der Waals surface area contributed by atoms with Gasteiger partial charge in [0, 0.05) is 35.4 Å². The van der Waals surface area contributed by atoms with Crippen LogP contribution in [-0.4, -0.2) is 25.8 Å². The molecule has 10 heteroatoms. The second kappa shape index (κ2) is 8.31. The van der Waals surface area contributed by atoms with E-state index in [2.05, 4.69) is 10.7 Å². The second-order valence-corrected chi connectivity index (χ2v) is 8.91. The summed E-state index contributed by atoms with van der Waals surface area (Å²) < 4.78 is 2.22. The van der Waals surface area contributed by atoms with E-state index in [4.69, 9.17) is 35.4 Å². The number of para-hydroxylation sites is 1. The largest absolute Gasteiger partial charge is 0.350 e. The minimum atomic E-state index is -0.629. The summed E-state index contributed by atoms with van der Waals surface area (Å²) in [6.07, 6.45) is 3.72. The molecule has 6 nitrogen and oxygen atoms in total. The van der Waals surface area contributed by atoms with Crippen molar-refractivity contribution in [1.29, 1.82) is 0 Å². The highest BCUT2D eigenvalue weighted by Crippen LogP contribution is 2.33. The van der Waals surface area contributed by atoms with Crippen LogP contribution in [-0.2, 0) is 11.8 Å². The summed E-state index contributed by atoms with van der Waals surface area (Å²) in [5, 5.41) is 5.34. The van der Waals surface area contributed by atoms with Gasteiger partial charge in [-0.15, -0.1) is 0 Å². The summed E-state index contributed by atoms with van der Waals surface area (Å²) >= 11 is 18.2. The summed E-state index contributed by atoms with van der Waals surface area (Å²) in [6.45, 7) is 0. The molecule has 152 valence electrons. The molecule has 3 aromatic rings. The van der Waals surface area contributed by atoms with Crippen LogP contribution in [0, 0.1) is 0 Å². The topological polar surface area (TPSA) is 66.4 Å². The maximum absolute atomic E-state index is 12.8. The van der Waals surface area contributed by atoms with Crippen molar-refractivity contribution in [3.63, 3.8) is 0 Å². The molecule has 0 spiro atoms. The minimum Gasteiger partial charge on any atom is -0.350 e. The number of anilines is 1. The van der Waals surface area contributed by atoms with Crippen molar-refractivity contribution in [1.82, 2.24) is 15.0 Å². The fourth-order valence-electron chi connectivity index (χ4n) is 3.03. The van der Waals surface area contributed by atoms with Gasteiger partial charge in [0.15, 0.2) is 4.32 Å². The summed E-state index contributed by atoms with van der Waals surface area (Å²) in [6, 6.07) is 11.9. The van der Waals surface area contributed by atoms with Gasteiger partial charge < -0.3 is 9.88 Å². The second-order valence-electron chi connectivity index (χ2n) is 6.42. The third kappa shape index (κ3) is 4.04. The van der Waals surface area contributed by atoms with Crippen LogP contribution in [0.4, 0.5) is 10.5 Å². The molecule has 2 aromatic carbocycles. The zero-order chi connectivity index (χ0) is 21.4. The molecule has 0 aliphatic carbocycles. The first-order valence-corrected chi connectivity index (χ1v) is 10.7. The highest BCUT2D eigenvalue weighted by Gasteiger charge is 2.33. The molecule has 2 heterocycles. The Balaban J connectivity index is 1.51. The Labute approximate surface area is 191 Å². The predicted octanol–water partition coefficient (Wildman–Crippen LogP) is 5.42. The summed E-state index contributed by atoms with van der Waals surface area (Å²) in [4.78, 5) is 25.5. The highest BCUT2D eigenvalue weighted by atomic mass is 35.5. The van der Waals surface area contributed by atoms with E-state index in [-0.39, 0.29) is 4.32 Å². The number of amides is 3. The lowest BCUT2D eigenvalue weighted by Crippen LogP contribution is -2.46. The van der Waals surface area contributed by atoms with Gasteiger partial charge in [-0.1, -0.05) is 53.2 Å². The van der Waals surface area contributed by atoms with Crippen LogP contribution >= 0.6 is 47.2 Å². The number of urea groups is 1. The molecule has 1 aliphatic rings. The van der Waals surface area contributed by atoms with Gasteiger partial charge in [-0.25, -0.2) is 10.2 Å². The molecule has 0 unspecified atom stereocenters. The summed E-state index contributed by atoms with van der Waals surface area (Å²) in [5.41, 5.74) is 4.85. The quantitative estimate of drug-likeness (QED) is 0.391. The number of aromatic nitrogens is 1. The molecule has 1 saturated heterocycles. The van der Waals surface area contributed by atoms with Crippen molar-refractivity contribution in [3.8, 4) is 0 Å². The lowest BCUT2D eigenvalue weighted by Gasteiger charge is -2.16. The van der Waals surface area contributed by atoms with E-state index in [0.29, 0.717) is 20.6 Å². The lowest BCUT2D eigenvalue weighted by atomic mass is 10.1. The number of carbonyl (C=O) groups is 2. The van der Waals surface area contributed by atoms with Crippen LogP contribution in [0.2, 0.25) is 10.0 Å². The number of benzene rings is 2. The third-order valence-electron chi connectivity index (χ3n) is 4.40. The maximum Gasteiger partial charge on any atom is 0.338 e. The molecule has 0 saturated carbocycles. The van der Waals surface area contributed by atoms with Gasteiger partial charge in [-0.2, -0.15) is 5.01 Å². The van der Waals surface area contributed by atoms with E-state index in [1.165, 1.54) is 6.07 Å². The average Bonchev–Trinajstić information content (AvgIpc) is 3.16. The zero-order valence-corrected chi connectivity index (χ0v) is 18.6. The van der Waals surface area contributed by atoms with E-state index >= 15 is 0 Å². The first-order chi connectivity index (χ1) is 14.3. The Morgan fingerprint density at radius 3 is 2.70 bits per heavy atom. The molecule has 2 N–H and O–H groups in total. The molecular weight excluding hydrogens is 463 g/mol. The Bertz CT molecular complexity index is 1240. The Hall–Kier alpha value is -2.52. The fourth-order valence-corrected chi connectivity index (χ4v) is 4.50. The molecule has 4 rings (SSSR count). The first kappa shape index (κ1) is 20.7. The number of carbonyl (C=O) groups excluding carboxylic acids is 2. The zero-order valence-electron chi connectivity index (χ0n) is 15.5. The lowest BCUT2D eigenvalue weighted by molar-refractivity contribution is -0.123. The van der Waals surface area contributed by atoms with Crippen molar-refractivity contribution in [2.24, 2.45) is 7.05 Å². The number of hydrogen-bond donors (Lipinski definition) is 2. The number of hydrazine groups is 1. The SMILES string of the molecule is Cn1cc(/C=C2/SC(=S)N(NC(=O)Nc3ccc(Cl)c(Cl)c3)C2=O)c2ccccc21. The standard InChI is InChI=1S/C20H14Cl2N4O2S2/c1-25-10-11(13-4-2-3-5-16(13)25)8-17-18(27)26(20(29)30-17)24-19(28)23-12-6-7-14(21)15(22)9-12/h2-10H,1H3,(H2,23,24,28)/b17-8+. The van der Waals surface area contributed by atoms with E-state index in [0.717, 1.165) is 33.2 Å². The Morgan fingerprint density at radius 1 is 1.17 bits per heavy atom. The molecule has 1 aromatic heterocycles. The van der Waals surface area contributed by atoms with Gasteiger partial charge in [-0.05, 0) is 42.6 Å². The Morgan fingerprint density at radius 2 is 1.93 bits per heavy atom. The number of thioether (sulfide) groups is 1. The number of halogens is 2. The van der Waals surface area contributed by atoms with Crippen LogP contribution in [0.25, 0.3) is 17.0 Å². The molecule has 1 fully saturated rings. The smallest absolute Gasteiger partial charge is 0.338 e. The van der Waals surface area contributed by atoms with Crippen molar-refractivity contribution in [2.45, 2.75) is 0 Å². The number of nitrogens with zero attached hydrogens (tertiary/aromatic N) is 2. The van der Waals surface area contributed by atoms with Crippen LogP contribution < -0.4 is 10.7 Å². The number of thiocarbonyl (C=S) groups is 1. The number of aryl methyl sites for hydroxylation is 1. The molecule has 0 bridgehead atoms.